The lowest BCUT2D eigenvalue weighted by Crippen LogP contribution is -2.41. The van der Waals surface area contributed by atoms with Gasteiger partial charge in [-0.1, -0.05) is 6.07 Å². The molecule has 1 aromatic carbocycles. The van der Waals surface area contributed by atoms with Crippen molar-refractivity contribution in [3.8, 4) is 11.5 Å². The van der Waals surface area contributed by atoms with Crippen LogP contribution >= 0.6 is 0 Å². The van der Waals surface area contributed by atoms with Crippen molar-refractivity contribution in [3.63, 3.8) is 0 Å². The predicted molar refractivity (Wildman–Crippen MR) is 73.0 cm³/mol. The van der Waals surface area contributed by atoms with Crippen molar-refractivity contribution < 1.29 is 17.9 Å². The number of hydrogen-bond donors (Lipinski definition) is 1. The van der Waals surface area contributed by atoms with E-state index in [2.05, 4.69) is 4.72 Å². The minimum Gasteiger partial charge on any atom is -0.497 e. The largest absolute Gasteiger partial charge is 0.497 e. The lowest BCUT2D eigenvalue weighted by Gasteiger charge is -2.37. The number of benzene rings is 1. The minimum atomic E-state index is -3.27. The van der Waals surface area contributed by atoms with Crippen LogP contribution in [0.15, 0.2) is 18.2 Å². The molecule has 0 spiro atoms. The first kappa shape index (κ1) is 14.1. The fourth-order valence-corrected chi connectivity index (χ4v) is 3.05. The fourth-order valence-electron chi connectivity index (χ4n) is 2.32. The number of rotatable bonds is 3. The zero-order chi connectivity index (χ0) is 14.3. The third-order valence-electron chi connectivity index (χ3n) is 3.03. The third kappa shape index (κ3) is 3.39. The zero-order valence-corrected chi connectivity index (χ0v) is 12.4. The van der Waals surface area contributed by atoms with Gasteiger partial charge in [-0.05, 0) is 19.9 Å². The molecule has 0 saturated carbocycles. The normalized spacial score (nSPS) is 21.4. The van der Waals surface area contributed by atoms with Gasteiger partial charge < -0.3 is 9.47 Å². The van der Waals surface area contributed by atoms with E-state index in [1.807, 2.05) is 19.9 Å². The highest BCUT2D eigenvalue weighted by Gasteiger charge is 2.35. The van der Waals surface area contributed by atoms with Crippen molar-refractivity contribution in [1.29, 1.82) is 0 Å². The summed E-state index contributed by atoms with van der Waals surface area (Å²) < 4.78 is 36.6. The van der Waals surface area contributed by atoms with Crippen LogP contribution < -0.4 is 14.2 Å². The van der Waals surface area contributed by atoms with E-state index in [0.29, 0.717) is 17.9 Å². The molecule has 0 radical (unpaired) electrons. The second-order valence-corrected chi connectivity index (χ2v) is 7.19. The van der Waals surface area contributed by atoms with Crippen LogP contribution in [0.25, 0.3) is 0 Å². The Balaban J connectivity index is 2.43. The Kier molecular flexibility index (Phi) is 3.49. The molecular weight excluding hydrogens is 266 g/mol. The van der Waals surface area contributed by atoms with E-state index in [1.165, 1.54) is 6.26 Å². The van der Waals surface area contributed by atoms with Gasteiger partial charge in [0, 0.05) is 18.1 Å². The van der Waals surface area contributed by atoms with Crippen LogP contribution in [0.3, 0.4) is 0 Å². The van der Waals surface area contributed by atoms with E-state index < -0.39 is 15.6 Å². The number of sulfonamides is 1. The number of nitrogens with one attached hydrogen (secondary N) is 1. The fraction of sp³-hybridized carbons (Fsp3) is 0.538. The summed E-state index contributed by atoms with van der Waals surface area (Å²) in [5.41, 5.74) is 0.410. The van der Waals surface area contributed by atoms with Gasteiger partial charge in [0.05, 0.1) is 19.4 Å². The Bertz CT molecular complexity index is 580. The average molecular weight is 285 g/mol. The zero-order valence-electron chi connectivity index (χ0n) is 11.6. The summed E-state index contributed by atoms with van der Waals surface area (Å²) in [5.74, 6) is 1.35. The molecule has 1 heterocycles. The van der Waals surface area contributed by atoms with E-state index in [-0.39, 0.29) is 6.04 Å². The maximum absolute atomic E-state index is 11.5. The van der Waals surface area contributed by atoms with Gasteiger partial charge in [-0.2, -0.15) is 0 Å². The van der Waals surface area contributed by atoms with Crippen molar-refractivity contribution in [2.75, 3.05) is 13.4 Å². The Hall–Kier alpha value is -1.27. The van der Waals surface area contributed by atoms with Crippen LogP contribution in [-0.2, 0) is 10.0 Å². The minimum absolute atomic E-state index is 0.278. The quantitative estimate of drug-likeness (QED) is 0.920. The van der Waals surface area contributed by atoms with Crippen molar-refractivity contribution in [2.45, 2.75) is 31.9 Å². The lowest BCUT2D eigenvalue weighted by atomic mass is 9.90. The van der Waals surface area contributed by atoms with Crippen molar-refractivity contribution in [3.05, 3.63) is 23.8 Å². The third-order valence-corrected chi connectivity index (χ3v) is 3.75. The summed E-state index contributed by atoms with van der Waals surface area (Å²) in [6, 6.07) is 5.15. The van der Waals surface area contributed by atoms with Gasteiger partial charge in [-0.25, -0.2) is 13.1 Å². The van der Waals surface area contributed by atoms with E-state index in [4.69, 9.17) is 9.47 Å². The molecule has 1 aliphatic heterocycles. The van der Waals surface area contributed by atoms with Gasteiger partial charge in [-0.3, -0.25) is 0 Å². The van der Waals surface area contributed by atoms with Gasteiger partial charge in [0.15, 0.2) is 0 Å². The summed E-state index contributed by atoms with van der Waals surface area (Å²) in [4.78, 5) is 0. The summed E-state index contributed by atoms with van der Waals surface area (Å²) in [7, 11) is -1.68. The SMILES string of the molecule is COc1ccc2c(c1)OC(C)(C)C[C@H]2NS(C)(=O)=O. The Morgan fingerprint density at radius 3 is 2.68 bits per heavy atom. The molecule has 1 aromatic rings. The van der Waals surface area contributed by atoms with E-state index in [9.17, 15) is 8.42 Å². The highest BCUT2D eigenvalue weighted by molar-refractivity contribution is 7.88. The van der Waals surface area contributed by atoms with Crippen LogP contribution in [0.1, 0.15) is 31.9 Å². The monoisotopic (exact) mass is 285 g/mol. The molecule has 5 nitrogen and oxygen atoms in total. The van der Waals surface area contributed by atoms with Crippen LogP contribution in [0.2, 0.25) is 0 Å². The van der Waals surface area contributed by atoms with Crippen LogP contribution in [0.5, 0.6) is 11.5 Å². The molecule has 0 saturated heterocycles. The number of ether oxygens (including phenoxy) is 2. The van der Waals surface area contributed by atoms with Crippen molar-refractivity contribution >= 4 is 10.0 Å². The molecule has 106 valence electrons. The standard InChI is InChI=1S/C13H19NO4S/c1-13(2)8-11(14-19(4,15)16)10-6-5-9(17-3)7-12(10)18-13/h5-7,11,14H,8H2,1-4H3/t11-/m1/s1. The predicted octanol–water partition coefficient (Wildman–Crippen LogP) is 1.85. The highest BCUT2D eigenvalue weighted by atomic mass is 32.2. The molecule has 1 aliphatic rings. The molecular formula is C13H19NO4S. The average Bonchev–Trinajstić information content (AvgIpc) is 2.24. The van der Waals surface area contributed by atoms with Crippen LogP contribution in [0.4, 0.5) is 0 Å². The molecule has 0 bridgehead atoms. The van der Waals surface area contributed by atoms with Crippen molar-refractivity contribution in [2.24, 2.45) is 0 Å². The molecule has 0 aliphatic carbocycles. The second-order valence-electron chi connectivity index (χ2n) is 5.41. The van der Waals surface area contributed by atoms with E-state index in [1.54, 1.807) is 19.2 Å². The molecule has 0 fully saturated rings. The maximum Gasteiger partial charge on any atom is 0.209 e. The summed E-state index contributed by atoms with van der Waals surface area (Å²) in [6.45, 7) is 3.87. The first-order valence-corrected chi connectivity index (χ1v) is 7.93. The molecule has 0 aromatic heterocycles. The molecule has 2 rings (SSSR count). The summed E-state index contributed by atoms with van der Waals surface area (Å²) in [5, 5.41) is 0. The second kappa shape index (κ2) is 4.68. The molecule has 0 amide bonds. The van der Waals surface area contributed by atoms with E-state index >= 15 is 0 Å². The molecule has 0 unspecified atom stereocenters. The Labute approximate surface area is 114 Å². The van der Waals surface area contributed by atoms with Gasteiger partial charge in [0.25, 0.3) is 0 Å². The summed E-state index contributed by atoms with van der Waals surface area (Å²) in [6.07, 6.45) is 1.75. The highest BCUT2D eigenvalue weighted by Crippen LogP contribution is 2.41. The first-order valence-electron chi connectivity index (χ1n) is 6.04. The molecule has 19 heavy (non-hydrogen) atoms. The van der Waals surface area contributed by atoms with E-state index in [0.717, 1.165) is 5.56 Å². The van der Waals surface area contributed by atoms with Crippen molar-refractivity contribution in [1.82, 2.24) is 4.72 Å². The molecule has 1 N–H and O–H groups in total. The van der Waals surface area contributed by atoms with Crippen LogP contribution in [0, 0.1) is 0 Å². The maximum atomic E-state index is 11.5. The van der Waals surface area contributed by atoms with Gasteiger partial charge >= 0.3 is 0 Å². The number of fused-ring (bicyclic) bond motifs is 1. The van der Waals surface area contributed by atoms with Gasteiger partial charge in [-0.15, -0.1) is 0 Å². The molecule has 1 atom stereocenters. The number of methoxy groups -OCH3 is 1. The van der Waals surface area contributed by atoms with Gasteiger partial charge in [0.1, 0.15) is 17.1 Å². The smallest absolute Gasteiger partial charge is 0.209 e. The lowest BCUT2D eigenvalue weighted by molar-refractivity contribution is 0.0699. The topological polar surface area (TPSA) is 64.6 Å². The van der Waals surface area contributed by atoms with Crippen LogP contribution in [-0.4, -0.2) is 27.4 Å². The van der Waals surface area contributed by atoms with Gasteiger partial charge in [0.2, 0.25) is 10.0 Å². The number of hydrogen-bond acceptors (Lipinski definition) is 4. The summed E-state index contributed by atoms with van der Waals surface area (Å²) >= 11 is 0. The Morgan fingerprint density at radius 2 is 2.11 bits per heavy atom. The first-order chi connectivity index (χ1) is 8.70. The Morgan fingerprint density at radius 1 is 1.42 bits per heavy atom. The molecule has 6 heteroatoms.